The van der Waals surface area contributed by atoms with Gasteiger partial charge in [-0.3, -0.25) is 4.79 Å². The highest BCUT2D eigenvalue weighted by Crippen LogP contribution is 2.30. The third-order valence-corrected chi connectivity index (χ3v) is 4.52. The molecule has 1 aromatic heterocycles. The van der Waals surface area contributed by atoms with Crippen LogP contribution >= 0.6 is 0 Å². The lowest BCUT2D eigenvalue weighted by molar-refractivity contribution is 0.0706. The van der Waals surface area contributed by atoms with Crippen molar-refractivity contribution in [3.05, 3.63) is 42.5 Å². The highest BCUT2D eigenvalue weighted by Gasteiger charge is 2.35. The van der Waals surface area contributed by atoms with Gasteiger partial charge in [0.25, 0.3) is 5.91 Å². The molecule has 2 heterocycles. The number of benzene rings is 1. The topological polar surface area (TPSA) is 60.2 Å². The van der Waals surface area contributed by atoms with Gasteiger partial charge in [0.2, 0.25) is 0 Å². The minimum absolute atomic E-state index is 0.129. The number of carbonyl (C=O) groups excluding carboxylic acids is 1. The highest BCUT2D eigenvalue weighted by molar-refractivity contribution is 5.94. The van der Waals surface area contributed by atoms with Crippen LogP contribution in [0, 0.1) is 5.92 Å². The Hall–Kier alpha value is -2.21. The predicted molar refractivity (Wildman–Crippen MR) is 84.3 cm³/mol. The Morgan fingerprint density at radius 1 is 1.26 bits per heavy atom. The maximum atomic E-state index is 12.9. The summed E-state index contributed by atoms with van der Waals surface area (Å²) in [5, 5.41) is 4.10. The number of aromatic nitrogens is 3. The molecule has 0 spiro atoms. The fraction of sp³-hybridized carbons (Fsp3) is 0.471. The molecule has 2 aromatic rings. The van der Waals surface area contributed by atoms with Crippen LogP contribution in [0.15, 0.2) is 36.9 Å². The summed E-state index contributed by atoms with van der Waals surface area (Å²) < 4.78 is 7.13. The van der Waals surface area contributed by atoms with Gasteiger partial charge in [0, 0.05) is 30.7 Å². The van der Waals surface area contributed by atoms with Crippen LogP contribution in [-0.4, -0.2) is 51.4 Å². The maximum Gasteiger partial charge on any atom is 0.254 e. The van der Waals surface area contributed by atoms with Gasteiger partial charge in [-0.25, -0.2) is 9.67 Å². The quantitative estimate of drug-likeness (QED) is 0.846. The third kappa shape index (κ3) is 3.12. The van der Waals surface area contributed by atoms with Crippen molar-refractivity contribution < 1.29 is 9.53 Å². The largest absolute Gasteiger partial charge is 0.381 e. The second-order valence-corrected chi connectivity index (χ2v) is 6.31. The molecule has 2 aliphatic rings. The number of nitrogens with zero attached hydrogens (tertiary/aromatic N) is 4. The molecule has 120 valence electrons. The predicted octanol–water partition coefficient (Wildman–Crippen LogP) is 1.91. The fourth-order valence-electron chi connectivity index (χ4n) is 3.05. The maximum absolute atomic E-state index is 12.9. The van der Waals surface area contributed by atoms with E-state index in [0.29, 0.717) is 12.0 Å². The number of hydrogen-bond donors (Lipinski definition) is 0. The molecule has 0 N–H and O–H groups in total. The van der Waals surface area contributed by atoms with Crippen molar-refractivity contribution in [2.75, 3.05) is 19.8 Å². The van der Waals surface area contributed by atoms with Gasteiger partial charge in [0.1, 0.15) is 12.7 Å². The van der Waals surface area contributed by atoms with E-state index in [9.17, 15) is 4.79 Å². The normalized spacial score (nSPS) is 20.6. The summed E-state index contributed by atoms with van der Waals surface area (Å²) in [5.41, 5.74) is 1.64. The Balaban J connectivity index is 1.49. The van der Waals surface area contributed by atoms with E-state index in [4.69, 9.17) is 4.74 Å². The molecule has 23 heavy (non-hydrogen) atoms. The lowest BCUT2D eigenvalue weighted by Gasteiger charge is -2.25. The van der Waals surface area contributed by atoms with Gasteiger partial charge in [-0.15, -0.1) is 0 Å². The Morgan fingerprint density at radius 3 is 2.70 bits per heavy atom. The molecular weight excluding hydrogens is 292 g/mol. The van der Waals surface area contributed by atoms with Crippen LogP contribution in [-0.2, 0) is 4.74 Å². The van der Waals surface area contributed by atoms with Gasteiger partial charge in [0.05, 0.1) is 12.3 Å². The standard InChI is InChI=1S/C17H20N4O2/c22-17(20(15-5-6-15)9-13-7-8-23-10-13)14-1-3-16(4-2-14)21-12-18-11-19-21/h1-4,11-13,15H,5-10H2/t13-/m0/s1. The van der Waals surface area contributed by atoms with Crippen LogP contribution in [0.3, 0.4) is 0 Å². The lowest BCUT2D eigenvalue weighted by atomic mass is 10.1. The second kappa shape index (κ2) is 6.12. The molecule has 1 atom stereocenters. The van der Waals surface area contributed by atoms with Crippen LogP contribution < -0.4 is 0 Å². The Morgan fingerprint density at radius 2 is 2.09 bits per heavy atom. The molecule has 1 amide bonds. The second-order valence-electron chi connectivity index (χ2n) is 6.31. The van der Waals surface area contributed by atoms with Crippen LogP contribution in [0.4, 0.5) is 0 Å². The van der Waals surface area contributed by atoms with Crippen molar-refractivity contribution in [2.45, 2.75) is 25.3 Å². The van der Waals surface area contributed by atoms with Crippen molar-refractivity contribution in [3.8, 4) is 5.69 Å². The van der Waals surface area contributed by atoms with Crippen molar-refractivity contribution in [3.63, 3.8) is 0 Å². The monoisotopic (exact) mass is 312 g/mol. The number of amides is 1. The van der Waals surface area contributed by atoms with Gasteiger partial charge in [-0.05, 0) is 43.5 Å². The van der Waals surface area contributed by atoms with Crippen LogP contribution in [0.1, 0.15) is 29.6 Å². The molecule has 4 rings (SSSR count). The molecule has 0 unspecified atom stereocenters. The zero-order valence-electron chi connectivity index (χ0n) is 13.0. The lowest BCUT2D eigenvalue weighted by Crippen LogP contribution is -2.37. The Labute approximate surface area is 135 Å². The molecule has 1 aliphatic carbocycles. The number of rotatable bonds is 5. The first kappa shape index (κ1) is 14.4. The average Bonchev–Trinajstić information content (AvgIpc) is 3.06. The summed E-state index contributed by atoms with van der Waals surface area (Å²) in [6.07, 6.45) is 6.44. The first-order valence-corrected chi connectivity index (χ1v) is 8.15. The van der Waals surface area contributed by atoms with Crippen LogP contribution in [0.25, 0.3) is 5.69 Å². The minimum atomic E-state index is 0.129. The first-order valence-electron chi connectivity index (χ1n) is 8.15. The van der Waals surface area contributed by atoms with Gasteiger partial charge >= 0.3 is 0 Å². The van der Waals surface area contributed by atoms with Gasteiger partial charge in [0.15, 0.2) is 0 Å². The van der Waals surface area contributed by atoms with Gasteiger partial charge in [-0.1, -0.05) is 0 Å². The van der Waals surface area contributed by atoms with E-state index in [2.05, 4.69) is 10.1 Å². The van der Waals surface area contributed by atoms with Crippen molar-refractivity contribution >= 4 is 5.91 Å². The van der Waals surface area contributed by atoms with E-state index in [1.54, 1.807) is 11.0 Å². The Bertz CT molecular complexity index is 658. The molecule has 0 bridgehead atoms. The summed E-state index contributed by atoms with van der Waals surface area (Å²) in [6, 6.07) is 7.98. The van der Waals surface area contributed by atoms with E-state index in [-0.39, 0.29) is 5.91 Å². The molecule has 6 nitrogen and oxygen atoms in total. The zero-order valence-corrected chi connectivity index (χ0v) is 13.0. The van der Waals surface area contributed by atoms with Crippen molar-refractivity contribution in [1.29, 1.82) is 0 Å². The fourth-order valence-corrected chi connectivity index (χ4v) is 3.05. The molecule has 2 fully saturated rings. The number of ether oxygens (including phenoxy) is 1. The van der Waals surface area contributed by atoms with E-state index >= 15 is 0 Å². The minimum Gasteiger partial charge on any atom is -0.381 e. The van der Waals surface area contributed by atoms with Crippen molar-refractivity contribution in [1.82, 2.24) is 19.7 Å². The summed E-state index contributed by atoms with van der Waals surface area (Å²) in [7, 11) is 0. The average molecular weight is 312 g/mol. The summed E-state index contributed by atoms with van der Waals surface area (Å²) >= 11 is 0. The molecule has 1 aliphatic heterocycles. The zero-order chi connectivity index (χ0) is 15.6. The van der Waals surface area contributed by atoms with Crippen molar-refractivity contribution in [2.24, 2.45) is 5.92 Å². The third-order valence-electron chi connectivity index (χ3n) is 4.52. The number of hydrogen-bond acceptors (Lipinski definition) is 4. The van der Waals surface area contributed by atoms with E-state index in [0.717, 1.165) is 50.3 Å². The SMILES string of the molecule is O=C(c1ccc(-n2cncn2)cc1)N(C[C@@H]1CCOC1)C1CC1. The Kier molecular flexibility index (Phi) is 3.83. The summed E-state index contributed by atoms with van der Waals surface area (Å²) in [5.74, 6) is 0.610. The van der Waals surface area contributed by atoms with Crippen LogP contribution in [0.5, 0.6) is 0 Å². The molecule has 1 saturated heterocycles. The van der Waals surface area contributed by atoms with E-state index < -0.39 is 0 Å². The van der Waals surface area contributed by atoms with E-state index in [1.807, 2.05) is 29.2 Å². The molecule has 6 heteroatoms. The van der Waals surface area contributed by atoms with E-state index in [1.165, 1.54) is 6.33 Å². The molecule has 1 saturated carbocycles. The van der Waals surface area contributed by atoms with Crippen LogP contribution in [0.2, 0.25) is 0 Å². The molecule has 0 radical (unpaired) electrons. The highest BCUT2D eigenvalue weighted by atomic mass is 16.5. The smallest absolute Gasteiger partial charge is 0.254 e. The first-order chi connectivity index (χ1) is 11.3. The summed E-state index contributed by atoms with van der Waals surface area (Å²) in [4.78, 5) is 18.8. The molecule has 1 aromatic carbocycles. The number of carbonyl (C=O) groups is 1. The summed E-state index contributed by atoms with van der Waals surface area (Å²) in [6.45, 7) is 2.42. The molecular formula is C17H20N4O2. The van der Waals surface area contributed by atoms with Gasteiger partial charge < -0.3 is 9.64 Å². The van der Waals surface area contributed by atoms with Gasteiger partial charge in [-0.2, -0.15) is 5.10 Å².